The molecule has 0 saturated carbocycles. The van der Waals surface area contributed by atoms with Crippen LogP contribution in [0.5, 0.6) is 5.75 Å². The van der Waals surface area contributed by atoms with E-state index in [1.54, 1.807) is 23.9 Å². The van der Waals surface area contributed by atoms with Gasteiger partial charge in [-0.1, -0.05) is 12.1 Å². The zero-order valence-electron chi connectivity index (χ0n) is 9.78. The topological polar surface area (TPSA) is 74.6 Å². The molecular formula is C11H16O4S3. The van der Waals surface area contributed by atoms with Crippen molar-refractivity contribution < 1.29 is 18.1 Å². The lowest BCUT2D eigenvalue weighted by Gasteiger charge is -2.02. The van der Waals surface area contributed by atoms with E-state index in [9.17, 15) is 13.5 Å². The van der Waals surface area contributed by atoms with Crippen molar-refractivity contribution in [3.8, 4) is 5.75 Å². The molecule has 0 unspecified atom stereocenters. The molecule has 0 amide bonds. The largest absolute Gasteiger partial charge is 0.508 e. The van der Waals surface area contributed by atoms with Crippen LogP contribution >= 0.6 is 23.5 Å². The summed E-state index contributed by atoms with van der Waals surface area (Å²) in [5.41, 5.74) is 1.07. The Morgan fingerprint density at radius 1 is 1.11 bits per heavy atom. The fraction of sp³-hybridized carbons (Fsp3) is 0.455. The molecule has 0 aliphatic heterocycles. The summed E-state index contributed by atoms with van der Waals surface area (Å²) < 4.78 is 29.4. The van der Waals surface area contributed by atoms with Gasteiger partial charge in [0, 0.05) is 23.0 Å². The molecule has 1 aromatic carbocycles. The molecule has 0 radical (unpaired) electrons. The zero-order valence-corrected chi connectivity index (χ0v) is 12.2. The van der Waals surface area contributed by atoms with E-state index in [4.69, 9.17) is 4.55 Å². The zero-order chi connectivity index (χ0) is 13.4. The van der Waals surface area contributed by atoms with Gasteiger partial charge in [0.1, 0.15) is 5.75 Å². The van der Waals surface area contributed by atoms with E-state index in [1.165, 1.54) is 11.8 Å². The molecule has 0 aromatic heterocycles. The Hall–Kier alpha value is -0.370. The SMILES string of the molecule is O=S(=O)(O)CCSCCSCc1cccc(O)c1. The Morgan fingerprint density at radius 2 is 1.83 bits per heavy atom. The molecule has 2 N–H and O–H groups in total. The second-order valence-electron chi connectivity index (χ2n) is 3.62. The normalized spacial score (nSPS) is 11.6. The molecule has 0 bridgehead atoms. The van der Waals surface area contributed by atoms with Crippen LogP contribution in [0, 0.1) is 0 Å². The van der Waals surface area contributed by atoms with Crippen LogP contribution < -0.4 is 0 Å². The minimum absolute atomic E-state index is 0.186. The Labute approximate surface area is 116 Å². The summed E-state index contributed by atoms with van der Waals surface area (Å²) in [6.07, 6.45) is 0. The van der Waals surface area contributed by atoms with E-state index in [-0.39, 0.29) is 11.5 Å². The van der Waals surface area contributed by atoms with E-state index in [2.05, 4.69) is 0 Å². The second-order valence-corrected chi connectivity index (χ2v) is 7.52. The van der Waals surface area contributed by atoms with Crippen molar-refractivity contribution in [3.63, 3.8) is 0 Å². The van der Waals surface area contributed by atoms with Crippen LogP contribution in [0.3, 0.4) is 0 Å². The number of thioether (sulfide) groups is 2. The van der Waals surface area contributed by atoms with E-state index in [0.29, 0.717) is 5.75 Å². The third-order valence-electron chi connectivity index (χ3n) is 2.04. The lowest BCUT2D eigenvalue weighted by atomic mass is 10.2. The Bertz CT molecular complexity index is 459. The van der Waals surface area contributed by atoms with Crippen molar-refractivity contribution in [3.05, 3.63) is 29.8 Å². The average Bonchev–Trinajstić information content (AvgIpc) is 2.26. The van der Waals surface area contributed by atoms with Gasteiger partial charge >= 0.3 is 0 Å². The van der Waals surface area contributed by atoms with Crippen LogP contribution in [-0.2, 0) is 15.9 Å². The summed E-state index contributed by atoms with van der Waals surface area (Å²) in [6.45, 7) is 0. The maximum Gasteiger partial charge on any atom is 0.265 e. The van der Waals surface area contributed by atoms with Crippen molar-refractivity contribution in [2.24, 2.45) is 0 Å². The molecule has 102 valence electrons. The van der Waals surface area contributed by atoms with Gasteiger partial charge in [-0.05, 0) is 17.7 Å². The molecular weight excluding hydrogens is 292 g/mol. The van der Waals surface area contributed by atoms with Gasteiger partial charge in [0.2, 0.25) is 0 Å². The monoisotopic (exact) mass is 308 g/mol. The molecule has 0 atom stereocenters. The number of benzene rings is 1. The summed E-state index contributed by atoms with van der Waals surface area (Å²) in [4.78, 5) is 0. The summed E-state index contributed by atoms with van der Waals surface area (Å²) in [5, 5.41) is 9.27. The number of hydrogen-bond donors (Lipinski definition) is 2. The van der Waals surface area contributed by atoms with E-state index in [1.807, 2.05) is 12.1 Å². The lowest BCUT2D eigenvalue weighted by Crippen LogP contribution is -2.06. The van der Waals surface area contributed by atoms with Gasteiger partial charge in [-0.2, -0.15) is 31.9 Å². The highest BCUT2D eigenvalue weighted by Gasteiger charge is 2.03. The molecule has 0 aliphatic rings. The maximum absolute atomic E-state index is 10.5. The summed E-state index contributed by atoms with van der Waals surface area (Å²) in [7, 11) is -3.82. The first-order valence-corrected chi connectivity index (χ1v) is 9.28. The van der Waals surface area contributed by atoms with Gasteiger partial charge in [-0.3, -0.25) is 4.55 Å². The molecule has 4 nitrogen and oxygen atoms in total. The minimum atomic E-state index is -3.82. The highest BCUT2D eigenvalue weighted by Crippen LogP contribution is 2.17. The predicted octanol–water partition coefficient (Wildman–Crippen LogP) is 2.25. The third kappa shape index (κ3) is 7.86. The Morgan fingerprint density at radius 3 is 2.50 bits per heavy atom. The van der Waals surface area contributed by atoms with Crippen LogP contribution in [0.4, 0.5) is 0 Å². The maximum atomic E-state index is 10.5. The van der Waals surface area contributed by atoms with Gasteiger partial charge in [0.25, 0.3) is 10.1 Å². The molecule has 0 aliphatic carbocycles. The molecule has 1 aromatic rings. The summed E-state index contributed by atoms with van der Waals surface area (Å²) in [6, 6.07) is 7.14. The first kappa shape index (κ1) is 15.7. The van der Waals surface area contributed by atoms with E-state index >= 15 is 0 Å². The summed E-state index contributed by atoms with van der Waals surface area (Å²) >= 11 is 3.24. The van der Waals surface area contributed by atoms with Crippen LogP contribution in [0.2, 0.25) is 0 Å². The number of phenols is 1. The molecule has 0 heterocycles. The van der Waals surface area contributed by atoms with Gasteiger partial charge in [0.15, 0.2) is 0 Å². The van der Waals surface area contributed by atoms with Crippen LogP contribution in [0.25, 0.3) is 0 Å². The third-order valence-corrected chi connectivity index (χ3v) is 5.29. The Balaban J connectivity index is 2.06. The first-order valence-electron chi connectivity index (χ1n) is 5.36. The number of phenolic OH excluding ortho intramolecular Hbond substituents is 1. The molecule has 0 saturated heterocycles. The second kappa shape index (κ2) is 7.93. The summed E-state index contributed by atoms with van der Waals surface area (Å²) in [5.74, 6) is 3.09. The van der Waals surface area contributed by atoms with Gasteiger partial charge in [-0.15, -0.1) is 0 Å². The van der Waals surface area contributed by atoms with E-state index in [0.717, 1.165) is 22.8 Å². The lowest BCUT2D eigenvalue weighted by molar-refractivity contribution is 0.474. The quantitative estimate of drug-likeness (QED) is 0.567. The van der Waals surface area contributed by atoms with Crippen molar-refractivity contribution in [1.29, 1.82) is 0 Å². The number of rotatable bonds is 8. The smallest absolute Gasteiger partial charge is 0.265 e. The molecule has 1 rings (SSSR count). The predicted molar refractivity (Wildman–Crippen MR) is 78.0 cm³/mol. The molecule has 0 spiro atoms. The number of aromatic hydroxyl groups is 1. The van der Waals surface area contributed by atoms with E-state index < -0.39 is 10.1 Å². The first-order chi connectivity index (χ1) is 8.47. The highest BCUT2D eigenvalue weighted by molar-refractivity contribution is 8.03. The average molecular weight is 308 g/mol. The van der Waals surface area contributed by atoms with Crippen LogP contribution in [-0.4, -0.2) is 41.1 Å². The molecule has 0 fully saturated rings. The standard InChI is InChI=1S/C11H16O4S3/c12-11-3-1-2-10(8-11)9-17-5-4-16-6-7-18(13,14)15/h1-3,8,12H,4-7,9H2,(H,13,14,15). The van der Waals surface area contributed by atoms with Crippen molar-refractivity contribution in [2.45, 2.75) is 5.75 Å². The fourth-order valence-electron chi connectivity index (χ4n) is 1.22. The van der Waals surface area contributed by atoms with Crippen LogP contribution in [0.15, 0.2) is 24.3 Å². The van der Waals surface area contributed by atoms with Crippen molar-refractivity contribution in [1.82, 2.24) is 0 Å². The fourth-order valence-corrected chi connectivity index (χ4v) is 4.24. The Kier molecular flexibility index (Phi) is 6.91. The number of hydrogen-bond acceptors (Lipinski definition) is 5. The van der Waals surface area contributed by atoms with Gasteiger partial charge < -0.3 is 5.11 Å². The van der Waals surface area contributed by atoms with Crippen molar-refractivity contribution in [2.75, 3.05) is 23.0 Å². The van der Waals surface area contributed by atoms with Gasteiger partial charge in [0.05, 0.1) is 5.75 Å². The van der Waals surface area contributed by atoms with Crippen molar-refractivity contribution >= 4 is 33.6 Å². The van der Waals surface area contributed by atoms with Crippen LogP contribution in [0.1, 0.15) is 5.56 Å². The molecule has 7 heteroatoms. The molecule has 18 heavy (non-hydrogen) atoms. The minimum Gasteiger partial charge on any atom is -0.508 e. The highest BCUT2D eigenvalue weighted by atomic mass is 32.2. The van der Waals surface area contributed by atoms with Gasteiger partial charge in [-0.25, -0.2) is 0 Å².